The molecule has 0 amide bonds. The number of carbonyl (C=O) groups is 1. The molecular formula is C9H14F2O3. The van der Waals surface area contributed by atoms with Gasteiger partial charge in [0.15, 0.2) is 0 Å². The van der Waals surface area contributed by atoms with Crippen molar-refractivity contribution in [3.8, 4) is 0 Å². The number of aliphatic hydroxyl groups is 1. The number of hydrogen-bond acceptors (Lipinski definition) is 2. The molecule has 82 valence electrons. The Hall–Kier alpha value is -0.710. The van der Waals surface area contributed by atoms with Crippen LogP contribution in [-0.2, 0) is 4.79 Å². The number of carboxylic acids is 1. The molecule has 2 N–H and O–H groups in total. The van der Waals surface area contributed by atoms with E-state index < -0.39 is 17.5 Å². The summed E-state index contributed by atoms with van der Waals surface area (Å²) < 4.78 is 26.3. The normalized spacial score (nSPS) is 22.8. The van der Waals surface area contributed by atoms with Crippen LogP contribution in [0.1, 0.15) is 38.5 Å². The summed E-state index contributed by atoms with van der Waals surface area (Å²) in [7, 11) is 0. The first kappa shape index (κ1) is 11.4. The first-order valence-corrected chi connectivity index (χ1v) is 4.74. The maximum absolute atomic E-state index is 13.1. The molecule has 0 aromatic rings. The van der Waals surface area contributed by atoms with Gasteiger partial charge in [0.25, 0.3) is 0 Å². The number of alkyl halides is 2. The molecule has 14 heavy (non-hydrogen) atoms. The Labute approximate surface area is 80.7 Å². The topological polar surface area (TPSA) is 57.5 Å². The molecule has 0 bridgehead atoms. The summed E-state index contributed by atoms with van der Waals surface area (Å²) in [5, 5.41) is 18.0. The lowest BCUT2D eigenvalue weighted by molar-refractivity contribution is -0.211. The number of hydrogen-bond donors (Lipinski definition) is 2. The van der Waals surface area contributed by atoms with Crippen molar-refractivity contribution in [3.05, 3.63) is 0 Å². The Bertz CT molecular complexity index is 220. The molecule has 0 aromatic carbocycles. The van der Waals surface area contributed by atoms with E-state index in [4.69, 9.17) is 5.11 Å². The molecule has 1 aliphatic carbocycles. The van der Waals surface area contributed by atoms with Gasteiger partial charge in [-0.1, -0.05) is 25.7 Å². The summed E-state index contributed by atoms with van der Waals surface area (Å²) in [4.78, 5) is 10.3. The molecule has 0 saturated heterocycles. The van der Waals surface area contributed by atoms with E-state index in [1.165, 1.54) is 0 Å². The van der Waals surface area contributed by atoms with Gasteiger partial charge in [-0.2, -0.15) is 8.78 Å². The van der Waals surface area contributed by atoms with Gasteiger partial charge in [0.2, 0.25) is 0 Å². The zero-order chi connectivity index (χ0) is 10.8. The fourth-order valence-electron chi connectivity index (χ4n) is 1.83. The third-order valence-corrected chi connectivity index (χ3v) is 2.78. The van der Waals surface area contributed by atoms with Crippen molar-refractivity contribution in [1.29, 1.82) is 0 Å². The predicted molar refractivity (Wildman–Crippen MR) is 45.2 cm³/mol. The first-order chi connectivity index (χ1) is 6.40. The summed E-state index contributed by atoms with van der Waals surface area (Å²) in [5.41, 5.74) is -2.35. The quantitative estimate of drug-likeness (QED) is 0.680. The van der Waals surface area contributed by atoms with Crippen molar-refractivity contribution in [3.63, 3.8) is 0 Å². The molecule has 0 aromatic heterocycles. The van der Waals surface area contributed by atoms with Gasteiger partial charge in [-0.3, -0.25) is 0 Å². The summed E-state index contributed by atoms with van der Waals surface area (Å²) in [6.07, 6.45) is 2.20. The highest BCUT2D eigenvalue weighted by Crippen LogP contribution is 2.39. The summed E-state index contributed by atoms with van der Waals surface area (Å²) in [6.45, 7) is 0. The van der Waals surface area contributed by atoms with Gasteiger partial charge >= 0.3 is 11.9 Å². The third-order valence-electron chi connectivity index (χ3n) is 2.78. The molecule has 1 aliphatic rings. The Morgan fingerprint density at radius 1 is 1.14 bits per heavy atom. The lowest BCUT2D eigenvalue weighted by Gasteiger charge is -2.31. The molecule has 1 saturated carbocycles. The van der Waals surface area contributed by atoms with Gasteiger partial charge in [-0.25, -0.2) is 4.79 Å². The molecule has 0 spiro atoms. The van der Waals surface area contributed by atoms with Crippen LogP contribution < -0.4 is 0 Å². The SMILES string of the molecule is O=C(O)C(F)(F)C1(O)CCCCCC1. The van der Waals surface area contributed by atoms with E-state index in [0.717, 1.165) is 12.8 Å². The summed E-state index contributed by atoms with van der Waals surface area (Å²) in [6, 6.07) is 0. The van der Waals surface area contributed by atoms with Crippen molar-refractivity contribution in [1.82, 2.24) is 0 Å². The predicted octanol–water partition coefficient (Wildman–Crippen LogP) is 1.79. The molecule has 0 heterocycles. The standard InChI is InChI=1S/C9H14F2O3/c10-9(11,7(12)13)8(14)5-3-1-2-4-6-8/h14H,1-6H2,(H,12,13). The van der Waals surface area contributed by atoms with Crippen LogP contribution in [0.2, 0.25) is 0 Å². The van der Waals surface area contributed by atoms with Crippen LogP contribution in [0.3, 0.4) is 0 Å². The molecule has 0 unspecified atom stereocenters. The zero-order valence-electron chi connectivity index (χ0n) is 7.80. The Morgan fingerprint density at radius 3 is 1.93 bits per heavy atom. The van der Waals surface area contributed by atoms with Crippen LogP contribution in [-0.4, -0.2) is 27.7 Å². The van der Waals surface area contributed by atoms with E-state index in [2.05, 4.69) is 0 Å². The molecule has 0 radical (unpaired) electrons. The second kappa shape index (κ2) is 3.81. The van der Waals surface area contributed by atoms with E-state index in [-0.39, 0.29) is 12.8 Å². The van der Waals surface area contributed by atoms with Gasteiger partial charge < -0.3 is 10.2 Å². The number of rotatable bonds is 2. The molecular weight excluding hydrogens is 194 g/mol. The average Bonchev–Trinajstić information content (AvgIpc) is 2.30. The van der Waals surface area contributed by atoms with Gasteiger partial charge in [-0.05, 0) is 12.8 Å². The minimum Gasteiger partial charge on any atom is -0.477 e. The lowest BCUT2D eigenvalue weighted by atomic mass is 9.87. The van der Waals surface area contributed by atoms with Gasteiger partial charge in [0.05, 0.1) is 0 Å². The van der Waals surface area contributed by atoms with Crippen molar-refractivity contribution in [2.45, 2.75) is 50.0 Å². The molecule has 0 aliphatic heterocycles. The van der Waals surface area contributed by atoms with Crippen LogP contribution in [0.25, 0.3) is 0 Å². The van der Waals surface area contributed by atoms with Crippen LogP contribution >= 0.6 is 0 Å². The smallest absolute Gasteiger partial charge is 0.377 e. The summed E-state index contributed by atoms with van der Waals surface area (Å²) >= 11 is 0. The highest BCUT2D eigenvalue weighted by molar-refractivity contribution is 5.77. The van der Waals surface area contributed by atoms with E-state index in [9.17, 15) is 18.7 Å². The van der Waals surface area contributed by atoms with Crippen LogP contribution in [0, 0.1) is 0 Å². The fourth-order valence-corrected chi connectivity index (χ4v) is 1.83. The van der Waals surface area contributed by atoms with E-state index in [1.54, 1.807) is 0 Å². The van der Waals surface area contributed by atoms with E-state index >= 15 is 0 Å². The number of carboxylic acid groups (broad SMARTS) is 1. The minimum atomic E-state index is -4.03. The van der Waals surface area contributed by atoms with Gasteiger partial charge in [-0.15, -0.1) is 0 Å². The summed E-state index contributed by atoms with van der Waals surface area (Å²) in [5.74, 6) is -6.26. The molecule has 1 fully saturated rings. The Kier molecular flexibility index (Phi) is 3.09. The maximum Gasteiger partial charge on any atom is 0.377 e. The van der Waals surface area contributed by atoms with Crippen LogP contribution in [0.15, 0.2) is 0 Å². The second-order valence-electron chi connectivity index (χ2n) is 3.83. The second-order valence-corrected chi connectivity index (χ2v) is 3.83. The van der Waals surface area contributed by atoms with Crippen molar-refractivity contribution in [2.24, 2.45) is 0 Å². The van der Waals surface area contributed by atoms with Gasteiger partial charge in [0, 0.05) is 0 Å². The van der Waals surface area contributed by atoms with Crippen molar-refractivity contribution < 1.29 is 23.8 Å². The van der Waals surface area contributed by atoms with Crippen molar-refractivity contribution in [2.75, 3.05) is 0 Å². The number of aliphatic carboxylic acids is 1. The maximum atomic E-state index is 13.1. The minimum absolute atomic E-state index is 0.133. The molecule has 5 heteroatoms. The average molecular weight is 208 g/mol. The Morgan fingerprint density at radius 2 is 1.57 bits per heavy atom. The highest BCUT2D eigenvalue weighted by Gasteiger charge is 2.58. The molecule has 0 atom stereocenters. The van der Waals surface area contributed by atoms with Crippen LogP contribution in [0.5, 0.6) is 0 Å². The van der Waals surface area contributed by atoms with E-state index in [1.807, 2.05) is 0 Å². The number of halogens is 2. The molecule has 1 rings (SSSR count). The van der Waals surface area contributed by atoms with Crippen molar-refractivity contribution >= 4 is 5.97 Å². The first-order valence-electron chi connectivity index (χ1n) is 4.74. The zero-order valence-corrected chi connectivity index (χ0v) is 7.80. The Balaban J connectivity index is 2.85. The largest absolute Gasteiger partial charge is 0.477 e. The highest BCUT2D eigenvalue weighted by atomic mass is 19.3. The lowest BCUT2D eigenvalue weighted by Crippen LogP contribution is -2.52. The van der Waals surface area contributed by atoms with Crippen LogP contribution in [0.4, 0.5) is 8.78 Å². The third kappa shape index (κ3) is 1.87. The fraction of sp³-hybridized carbons (Fsp3) is 0.889. The van der Waals surface area contributed by atoms with Gasteiger partial charge in [0.1, 0.15) is 5.60 Å². The monoisotopic (exact) mass is 208 g/mol. The molecule has 3 nitrogen and oxygen atoms in total. The van der Waals surface area contributed by atoms with E-state index in [0.29, 0.717) is 12.8 Å².